The van der Waals surface area contributed by atoms with Crippen LogP contribution in [0, 0.1) is 0 Å². The van der Waals surface area contributed by atoms with E-state index in [1.54, 1.807) is 48.5 Å². The predicted molar refractivity (Wildman–Crippen MR) is 128 cm³/mol. The van der Waals surface area contributed by atoms with Crippen LogP contribution in [0.5, 0.6) is 11.5 Å². The Balaban J connectivity index is 1.71. The summed E-state index contributed by atoms with van der Waals surface area (Å²) in [7, 11) is 0. The molecule has 32 heavy (non-hydrogen) atoms. The number of phenolic OH excluding ortho intramolecular Hbond substituents is 2. The van der Waals surface area contributed by atoms with Gasteiger partial charge in [-0.3, -0.25) is 4.79 Å². The minimum Gasteiger partial charge on any atom is -0.508 e. The minimum atomic E-state index is -0.169. The molecular weight excluding hydrogens is 443 g/mol. The van der Waals surface area contributed by atoms with Crippen molar-refractivity contribution in [3.05, 3.63) is 128 Å². The third-order valence-electron chi connectivity index (χ3n) is 5.28. The highest BCUT2D eigenvalue weighted by Crippen LogP contribution is 2.27. The molecule has 0 bridgehead atoms. The number of carbonyl (C=O) groups is 1. The van der Waals surface area contributed by atoms with E-state index in [1.807, 2.05) is 24.3 Å². The molecule has 0 atom stereocenters. The molecule has 4 rings (SSSR count). The second-order valence-electron chi connectivity index (χ2n) is 7.62. The number of rotatable bonds is 6. The summed E-state index contributed by atoms with van der Waals surface area (Å²) in [5, 5.41) is 21.4. The molecule has 0 aliphatic heterocycles. The van der Waals surface area contributed by atoms with Gasteiger partial charge >= 0.3 is 0 Å². The first-order valence-electron chi connectivity index (χ1n) is 10.1. The van der Waals surface area contributed by atoms with Crippen LogP contribution in [0.4, 0.5) is 0 Å². The number of benzene rings is 4. The first-order chi connectivity index (χ1) is 15.4. The molecule has 160 valence electrons. The van der Waals surface area contributed by atoms with E-state index < -0.39 is 0 Å². The van der Waals surface area contributed by atoms with Crippen molar-refractivity contribution >= 4 is 29.0 Å². The summed E-state index contributed by atoms with van der Waals surface area (Å²) in [4.78, 5) is 13.6. The van der Waals surface area contributed by atoms with Gasteiger partial charge in [-0.1, -0.05) is 47.5 Å². The number of halogens is 2. The molecule has 0 fully saturated rings. The fraction of sp³-hybridized carbons (Fsp3) is 0.0741. The molecule has 3 nitrogen and oxygen atoms in total. The van der Waals surface area contributed by atoms with Crippen LogP contribution in [-0.4, -0.2) is 16.0 Å². The maximum Gasteiger partial charge on any atom is 0.193 e. The molecule has 0 spiro atoms. The first-order valence-corrected chi connectivity index (χ1v) is 10.8. The Morgan fingerprint density at radius 3 is 1.34 bits per heavy atom. The molecule has 2 N–H and O–H groups in total. The molecule has 0 radical (unpaired) electrons. The molecule has 0 aliphatic rings. The van der Waals surface area contributed by atoms with Crippen LogP contribution in [0.3, 0.4) is 0 Å². The van der Waals surface area contributed by atoms with E-state index in [9.17, 15) is 15.0 Å². The summed E-state index contributed by atoms with van der Waals surface area (Å²) in [6.07, 6.45) is 0.939. The summed E-state index contributed by atoms with van der Waals surface area (Å²) in [5.41, 5.74) is 4.37. The molecule has 0 unspecified atom stereocenters. The van der Waals surface area contributed by atoms with Gasteiger partial charge in [0, 0.05) is 21.2 Å². The topological polar surface area (TPSA) is 57.5 Å². The summed E-state index contributed by atoms with van der Waals surface area (Å²) >= 11 is 12.0. The Bertz CT molecular complexity index is 1160. The van der Waals surface area contributed by atoms with E-state index in [1.165, 1.54) is 12.1 Å². The number of carbonyl (C=O) groups excluding carboxylic acids is 1. The van der Waals surface area contributed by atoms with Gasteiger partial charge in [-0.15, -0.1) is 0 Å². The predicted octanol–water partition coefficient (Wildman–Crippen LogP) is 6.82. The molecule has 0 saturated heterocycles. The Hall–Kier alpha value is -3.27. The number of ketones is 1. The molecular formula is C27H20Cl2O3. The Morgan fingerprint density at radius 2 is 0.969 bits per heavy atom. The van der Waals surface area contributed by atoms with Crippen LogP contribution in [0.2, 0.25) is 10.0 Å². The molecule has 0 saturated carbocycles. The van der Waals surface area contributed by atoms with E-state index in [0.717, 1.165) is 11.1 Å². The zero-order valence-corrected chi connectivity index (χ0v) is 18.6. The Morgan fingerprint density at radius 1 is 0.594 bits per heavy atom. The van der Waals surface area contributed by atoms with Crippen molar-refractivity contribution in [2.45, 2.75) is 12.8 Å². The quantitative estimate of drug-likeness (QED) is 0.309. The fourth-order valence-electron chi connectivity index (χ4n) is 3.69. The lowest BCUT2D eigenvalue weighted by Crippen LogP contribution is -2.09. The monoisotopic (exact) mass is 462 g/mol. The van der Waals surface area contributed by atoms with Crippen LogP contribution < -0.4 is 0 Å². The maximum atomic E-state index is 13.6. The highest BCUT2D eigenvalue weighted by molar-refractivity contribution is 6.30. The minimum absolute atomic E-state index is 0.0950. The van der Waals surface area contributed by atoms with E-state index in [4.69, 9.17) is 23.2 Å². The van der Waals surface area contributed by atoms with Crippen LogP contribution in [0.15, 0.2) is 84.9 Å². The molecule has 0 amide bonds. The van der Waals surface area contributed by atoms with Crippen molar-refractivity contribution in [3.8, 4) is 11.5 Å². The largest absolute Gasteiger partial charge is 0.508 e. The standard InChI is InChI=1S/C27H20Cl2O3/c28-21-5-1-17(2-6-21)13-19-15-23(30)9-11-25(19)27(32)26-12-10-24(31)16-20(26)14-18-3-7-22(29)8-4-18/h1-12,15-16,30-31H,13-14H2. The van der Waals surface area contributed by atoms with Gasteiger partial charge in [0.1, 0.15) is 11.5 Å². The van der Waals surface area contributed by atoms with Gasteiger partial charge in [-0.25, -0.2) is 0 Å². The van der Waals surface area contributed by atoms with E-state index in [2.05, 4.69) is 0 Å². The van der Waals surface area contributed by atoms with Crippen LogP contribution in [-0.2, 0) is 12.8 Å². The smallest absolute Gasteiger partial charge is 0.193 e. The molecule has 0 aromatic heterocycles. The van der Waals surface area contributed by atoms with E-state index >= 15 is 0 Å². The zero-order chi connectivity index (χ0) is 22.7. The summed E-state index contributed by atoms with van der Waals surface area (Å²) in [6, 6.07) is 24.3. The van der Waals surface area contributed by atoms with Crippen molar-refractivity contribution < 1.29 is 15.0 Å². The molecule has 4 aromatic carbocycles. The van der Waals surface area contributed by atoms with Crippen LogP contribution in [0.1, 0.15) is 38.2 Å². The van der Waals surface area contributed by atoms with Crippen molar-refractivity contribution in [3.63, 3.8) is 0 Å². The normalized spacial score (nSPS) is 10.8. The third kappa shape index (κ3) is 5.13. The Kier molecular flexibility index (Phi) is 6.50. The maximum absolute atomic E-state index is 13.6. The molecule has 0 heterocycles. The van der Waals surface area contributed by atoms with Gasteiger partial charge in [0.25, 0.3) is 0 Å². The average molecular weight is 463 g/mol. The second kappa shape index (κ2) is 9.47. The highest BCUT2D eigenvalue weighted by atomic mass is 35.5. The lowest BCUT2D eigenvalue weighted by molar-refractivity contribution is 0.103. The number of aromatic hydroxyl groups is 2. The van der Waals surface area contributed by atoms with Crippen molar-refractivity contribution in [1.82, 2.24) is 0 Å². The second-order valence-corrected chi connectivity index (χ2v) is 8.49. The van der Waals surface area contributed by atoms with Crippen molar-refractivity contribution in [2.24, 2.45) is 0 Å². The van der Waals surface area contributed by atoms with Gasteiger partial charge in [-0.2, -0.15) is 0 Å². The van der Waals surface area contributed by atoms with Gasteiger partial charge in [0.05, 0.1) is 0 Å². The number of phenols is 2. The van der Waals surface area contributed by atoms with Crippen molar-refractivity contribution in [2.75, 3.05) is 0 Å². The van der Waals surface area contributed by atoms with Gasteiger partial charge in [0.2, 0.25) is 0 Å². The lowest BCUT2D eigenvalue weighted by Gasteiger charge is -2.14. The molecule has 0 aliphatic carbocycles. The average Bonchev–Trinajstić information content (AvgIpc) is 2.77. The first kappa shape index (κ1) is 21.9. The number of hydrogen-bond acceptors (Lipinski definition) is 3. The highest BCUT2D eigenvalue weighted by Gasteiger charge is 2.19. The molecule has 4 aromatic rings. The third-order valence-corrected chi connectivity index (χ3v) is 5.79. The van der Waals surface area contributed by atoms with Gasteiger partial charge < -0.3 is 10.2 Å². The summed E-state index contributed by atoms with van der Waals surface area (Å²) < 4.78 is 0. The fourth-order valence-corrected chi connectivity index (χ4v) is 3.94. The summed E-state index contributed by atoms with van der Waals surface area (Å²) in [6.45, 7) is 0. The summed E-state index contributed by atoms with van der Waals surface area (Å²) in [5.74, 6) is 0.0214. The number of hydrogen-bond donors (Lipinski definition) is 2. The van der Waals surface area contributed by atoms with Crippen LogP contribution >= 0.6 is 23.2 Å². The van der Waals surface area contributed by atoms with E-state index in [0.29, 0.717) is 45.1 Å². The van der Waals surface area contributed by atoms with Crippen molar-refractivity contribution in [1.29, 1.82) is 0 Å². The molecule has 5 heteroatoms. The lowest BCUT2D eigenvalue weighted by atomic mass is 9.90. The van der Waals surface area contributed by atoms with Gasteiger partial charge in [-0.05, 0) is 95.8 Å². The van der Waals surface area contributed by atoms with Crippen LogP contribution in [0.25, 0.3) is 0 Å². The zero-order valence-electron chi connectivity index (χ0n) is 17.1. The SMILES string of the molecule is O=C(c1ccc(O)cc1Cc1ccc(Cl)cc1)c1ccc(O)cc1Cc1ccc(Cl)cc1. The Labute approximate surface area is 196 Å². The van der Waals surface area contributed by atoms with E-state index in [-0.39, 0.29) is 17.3 Å². The van der Waals surface area contributed by atoms with Gasteiger partial charge in [0.15, 0.2) is 5.78 Å².